The molecule has 0 amide bonds. The summed E-state index contributed by atoms with van der Waals surface area (Å²) in [5.74, 6) is -0.213. The maximum absolute atomic E-state index is 11.8. The molecule has 2 aromatic rings. The summed E-state index contributed by atoms with van der Waals surface area (Å²) in [5.41, 5.74) is 0. The van der Waals surface area contributed by atoms with Gasteiger partial charge in [0.25, 0.3) is 0 Å². The molecule has 0 saturated heterocycles. The van der Waals surface area contributed by atoms with Crippen LogP contribution in [0.25, 0.3) is 10.1 Å². The van der Waals surface area contributed by atoms with Crippen molar-refractivity contribution in [2.45, 2.75) is 6.42 Å². The van der Waals surface area contributed by atoms with Gasteiger partial charge in [0, 0.05) is 11.2 Å². The Hall–Kier alpha value is -1.39. The van der Waals surface area contributed by atoms with Crippen LogP contribution >= 0.6 is 11.3 Å². The van der Waals surface area contributed by atoms with E-state index in [1.54, 1.807) is 0 Å². The van der Waals surface area contributed by atoms with Gasteiger partial charge in [0.1, 0.15) is 4.88 Å². The SMILES string of the molecule is CN(C)CCCOC(=O)c1cc2ccccc2s1. The summed E-state index contributed by atoms with van der Waals surface area (Å²) in [6, 6.07) is 9.87. The van der Waals surface area contributed by atoms with Gasteiger partial charge in [-0.3, -0.25) is 0 Å². The lowest BCUT2D eigenvalue weighted by molar-refractivity contribution is 0.0499. The second-order valence-corrected chi connectivity index (χ2v) is 5.53. The van der Waals surface area contributed by atoms with Crippen molar-refractivity contribution in [3.63, 3.8) is 0 Å². The Kier molecular flexibility index (Phi) is 4.33. The minimum atomic E-state index is -0.213. The molecule has 1 aromatic heterocycles. The number of nitrogens with zero attached hydrogens (tertiary/aromatic N) is 1. The molecular weight excluding hydrogens is 246 g/mol. The van der Waals surface area contributed by atoms with Gasteiger partial charge < -0.3 is 9.64 Å². The smallest absolute Gasteiger partial charge is 0.348 e. The number of rotatable bonds is 5. The van der Waals surface area contributed by atoms with E-state index in [-0.39, 0.29) is 5.97 Å². The second kappa shape index (κ2) is 5.98. The summed E-state index contributed by atoms with van der Waals surface area (Å²) >= 11 is 1.48. The van der Waals surface area contributed by atoms with Crippen LogP contribution in [-0.4, -0.2) is 38.1 Å². The molecular formula is C14H17NO2S. The molecule has 0 aliphatic heterocycles. The van der Waals surface area contributed by atoms with Crippen LogP contribution in [0.4, 0.5) is 0 Å². The number of hydrogen-bond donors (Lipinski definition) is 0. The third-order valence-electron chi connectivity index (χ3n) is 2.61. The van der Waals surface area contributed by atoms with Gasteiger partial charge in [-0.2, -0.15) is 0 Å². The normalized spacial score (nSPS) is 11.1. The number of fused-ring (bicyclic) bond motifs is 1. The summed E-state index contributed by atoms with van der Waals surface area (Å²) in [6.45, 7) is 1.41. The Bertz CT molecular complexity index is 500. The van der Waals surface area contributed by atoms with Gasteiger partial charge in [-0.05, 0) is 38.0 Å². The number of ether oxygens (including phenoxy) is 1. The summed E-state index contributed by atoms with van der Waals surface area (Å²) in [7, 11) is 4.02. The molecule has 18 heavy (non-hydrogen) atoms. The van der Waals surface area contributed by atoms with Crippen LogP contribution in [0.3, 0.4) is 0 Å². The molecule has 0 aliphatic carbocycles. The topological polar surface area (TPSA) is 29.5 Å². The Morgan fingerprint density at radius 3 is 2.83 bits per heavy atom. The minimum absolute atomic E-state index is 0.213. The minimum Gasteiger partial charge on any atom is -0.461 e. The Balaban J connectivity index is 1.92. The molecule has 0 radical (unpaired) electrons. The molecule has 96 valence electrons. The lowest BCUT2D eigenvalue weighted by atomic mass is 10.2. The van der Waals surface area contributed by atoms with Gasteiger partial charge >= 0.3 is 5.97 Å². The number of benzene rings is 1. The zero-order valence-corrected chi connectivity index (χ0v) is 11.5. The fourth-order valence-corrected chi connectivity index (χ4v) is 2.66. The van der Waals surface area contributed by atoms with E-state index in [9.17, 15) is 4.79 Å². The zero-order valence-electron chi connectivity index (χ0n) is 10.7. The van der Waals surface area contributed by atoms with E-state index in [0.717, 1.165) is 23.1 Å². The van der Waals surface area contributed by atoms with Crippen LogP contribution in [0.15, 0.2) is 30.3 Å². The fourth-order valence-electron chi connectivity index (χ4n) is 1.70. The first-order valence-electron chi connectivity index (χ1n) is 5.97. The molecule has 1 heterocycles. The monoisotopic (exact) mass is 263 g/mol. The fraction of sp³-hybridized carbons (Fsp3) is 0.357. The second-order valence-electron chi connectivity index (χ2n) is 4.44. The zero-order chi connectivity index (χ0) is 13.0. The Morgan fingerprint density at radius 1 is 1.33 bits per heavy atom. The van der Waals surface area contributed by atoms with Crippen molar-refractivity contribution in [3.05, 3.63) is 35.2 Å². The lowest BCUT2D eigenvalue weighted by Crippen LogP contribution is -2.16. The predicted molar refractivity (Wildman–Crippen MR) is 75.3 cm³/mol. The summed E-state index contributed by atoms with van der Waals surface area (Å²) in [4.78, 5) is 14.6. The largest absolute Gasteiger partial charge is 0.461 e. The third-order valence-corrected chi connectivity index (χ3v) is 3.71. The van der Waals surface area contributed by atoms with Gasteiger partial charge in [-0.15, -0.1) is 11.3 Å². The summed E-state index contributed by atoms with van der Waals surface area (Å²) in [6.07, 6.45) is 0.865. The maximum atomic E-state index is 11.8. The highest BCUT2D eigenvalue weighted by Crippen LogP contribution is 2.25. The van der Waals surface area contributed by atoms with E-state index in [0.29, 0.717) is 11.5 Å². The highest BCUT2D eigenvalue weighted by molar-refractivity contribution is 7.20. The molecule has 1 aromatic carbocycles. The highest BCUT2D eigenvalue weighted by atomic mass is 32.1. The third kappa shape index (κ3) is 3.31. The van der Waals surface area contributed by atoms with E-state index >= 15 is 0 Å². The first kappa shape index (κ1) is 13.1. The van der Waals surface area contributed by atoms with Gasteiger partial charge in [-0.1, -0.05) is 18.2 Å². The first-order chi connectivity index (χ1) is 8.66. The van der Waals surface area contributed by atoms with Crippen molar-refractivity contribution in [1.82, 2.24) is 4.90 Å². The van der Waals surface area contributed by atoms with E-state index in [1.807, 2.05) is 44.4 Å². The van der Waals surface area contributed by atoms with Crippen molar-refractivity contribution < 1.29 is 9.53 Å². The van der Waals surface area contributed by atoms with Gasteiger partial charge in [0.15, 0.2) is 0 Å². The quantitative estimate of drug-likeness (QED) is 0.613. The average molecular weight is 263 g/mol. The van der Waals surface area contributed by atoms with Crippen LogP contribution in [0.2, 0.25) is 0 Å². The van der Waals surface area contributed by atoms with Gasteiger partial charge in [0.2, 0.25) is 0 Å². The molecule has 0 bridgehead atoms. The van der Waals surface area contributed by atoms with E-state index < -0.39 is 0 Å². The molecule has 0 aliphatic rings. The van der Waals surface area contributed by atoms with Crippen LogP contribution in [-0.2, 0) is 4.74 Å². The van der Waals surface area contributed by atoms with Crippen LogP contribution in [0.5, 0.6) is 0 Å². The van der Waals surface area contributed by atoms with Gasteiger partial charge in [0.05, 0.1) is 6.61 Å². The number of esters is 1. The molecule has 0 fully saturated rings. The standard InChI is InChI=1S/C14H17NO2S/c1-15(2)8-5-9-17-14(16)13-10-11-6-3-4-7-12(11)18-13/h3-4,6-7,10H,5,8-9H2,1-2H3. The number of carbonyl (C=O) groups is 1. The molecule has 0 N–H and O–H groups in total. The molecule has 0 saturated carbocycles. The molecule has 3 nitrogen and oxygen atoms in total. The van der Waals surface area contributed by atoms with E-state index in [1.165, 1.54) is 11.3 Å². The predicted octanol–water partition coefficient (Wildman–Crippen LogP) is 3.01. The van der Waals surface area contributed by atoms with Crippen LogP contribution < -0.4 is 0 Å². The average Bonchev–Trinajstić information content (AvgIpc) is 2.78. The van der Waals surface area contributed by atoms with Crippen molar-refractivity contribution in [1.29, 1.82) is 0 Å². The molecule has 4 heteroatoms. The first-order valence-corrected chi connectivity index (χ1v) is 6.79. The molecule has 2 rings (SSSR count). The van der Waals surface area contributed by atoms with Gasteiger partial charge in [-0.25, -0.2) is 4.79 Å². The molecule has 0 atom stereocenters. The summed E-state index contributed by atoms with van der Waals surface area (Å²) in [5, 5.41) is 1.10. The number of thiophene rings is 1. The Morgan fingerprint density at radius 2 is 2.11 bits per heavy atom. The van der Waals surface area contributed by atoms with Crippen molar-refractivity contribution >= 4 is 27.4 Å². The molecule has 0 spiro atoms. The highest BCUT2D eigenvalue weighted by Gasteiger charge is 2.11. The van der Waals surface area contributed by atoms with E-state index in [2.05, 4.69) is 4.90 Å². The van der Waals surface area contributed by atoms with E-state index in [4.69, 9.17) is 4.74 Å². The van der Waals surface area contributed by atoms with Crippen LogP contribution in [0.1, 0.15) is 16.1 Å². The van der Waals surface area contributed by atoms with Crippen molar-refractivity contribution in [2.75, 3.05) is 27.2 Å². The number of carbonyl (C=O) groups excluding carboxylic acids is 1. The summed E-state index contributed by atoms with van der Waals surface area (Å²) < 4.78 is 6.38. The Labute approximate surface area is 111 Å². The number of hydrogen-bond acceptors (Lipinski definition) is 4. The molecule has 0 unspecified atom stereocenters. The van der Waals surface area contributed by atoms with Crippen LogP contribution in [0, 0.1) is 0 Å². The lowest BCUT2D eigenvalue weighted by Gasteiger charge is -2.08. The van der Waals surface area contributed by atoms with Crippen molar-refractivity contribution in [3.8, 4) is 0 Å². The maximum Gasteiger partial charge on any atom is 0.348 e. The van der Waals surface area contributed by atoms with Crippen molar-refractivity contribution in [2.24, 2.45) is 0 Å².